The number of hydrogen-bond donors (Lipinski definition) is 3. The molecule has 4 heterocycles. The van der Waals surface area contributed by atoms with Crippen molar-refractivity contribution in [2.45, 2.75) is 79.2 Å². The molecule has 246 valence electrons. The Kier molecular flexibility index (Phi) is 5.47. The van der Waals surface area contributed by atoms with E-state index in [1.807, 2.05) is 18.2 Å². The number of benzene rings is 2. The van der Waals surface area contributed by atoms with E-state index in [-0.39, 0.29) is 17.7 Å². The number of rotatable bonds is 4. The first-order valence-corrected chi connectivity index (χ1v) is 16.8. The molecule has 10 rings (SSSR count). The summed E-state index contributed by atoms with van der Waals surface area (Å²) in [7, 11) is 5.86. The van der Waals surface area contributed by atoms with E-state index < -0.39 is 34.8 Å². The first-order valence-electron chi connectivity index (χ1n) is 16.8. The monoisotopic (exact) mass is 641 g/mol. The van der Waals surface area contributed by atoms with Crippen molar-refractivity contribution in [2.75, 3.05) is 34.3 Å². The number of nitrogens with one attached hydrogen (secondary N) is 1. The molecule has 4 bridgehead atoms. The fourth-order valence-corrected chi connectivity index (χ4v) is 11.1. The molecule has 0 amide bonds. The van der Waals surface area contributed by atoms with Crippen LogP contribution in [0.4, 0.5) is 4.79 Å². The maximum absolute atomic E-state index is 13.4. The molecule has 8 aliphatic rings. The number of carbonyl (C=O) groups is 1. The number of aromatic hydroxyl groups is 1. The number of methoxy groups -OCH3 is 1. The van der Waals surface area contributed by atoms with Gasteiger partial charge in [0.15, 0.2) is 29.1 Å². The highest BCUT2D eigenvalue weighted by molar-refractivity contribution is 5.68. The number of ether oxygens (including phenoxy) is 4. The molecule has 0 aromatic heterocycles. The molecule has 2 saturated heterocycles. The summed E-state index contributed by atoms with van der Waals surface area (Å²) in [6.45, 7) is 1.68. The minimum Gasteiger partial charge on any atom is -0.504 e. The van der Waals surface area contributed by atoms with Crippen LogP contribution < -0.4 is 19.7 Å². The standard InChI is InChI=1S/C36H39N3O8/c1-38-14-12-34-20-6-9-25(32(34)45-29-23(40)7-4-18(27(29)34)16-22(20)38)44-33(41)47-37-21-10-11-36(42)26-17-19-5-8-24(43-3)30-28(19)35(36,31(21)46-30)13-15-39(26)2/h4-9,20,22,25-26,32,37,40,42H,10-17H2,1-3H3/t20?,22?,25-,26?,32-,34-,35-,36+/m0/s1. The van der Waals surface area contributed by atoms with Gasteiger partial charge in [-0.2, -0.15) is 0 Å². The largest absolute Gasteiger partial charge is 0.533 e. The quantitative estimate of drug-likeness (QED) is 0.259. The minimum atomic E-state index is -1.04. The summed E-state index contributed by atoms with van der Waals surface area (Å²) >= 11 is 0. The van der Waals surface area contributed by atoms with Gasteiger partial charge in [-0.3, -0.25) is 0 Å². The third kappa shape index (κ3) is 3.21. The van der Waals surface area contributed by atoms with Gasteiger partial charge in [0.1, 0.15) is 11.9 Å². The number of phenols is 1. The van der Waals surface area contributed by atoms with E-state index in [0.717, 1.165) is 49.0 Å². The molecule has 3 N–H and O–H groups in total. The number of carbonyl (C=O) groups excluding carboxylic acids is 1. The van der Waals surface area contributed by atoms with Crippen molar-refractivity contribution >= 4 is 6.16 Å². The molecule has 4 aliphatic carbocycles. The van der Waals surface area contributed by atoms with E-state index in [1.165, 1.54) is 5.56 Å². The number of aliphatic hydroxyl groups is 1. The van der Waals surface area contributed by atoms with Crippen LogP contribution in [0.2, 0.25) is 0 Å². The van der Waals surface area contributed by atoms with Crippen LogP contribution in [0.15, 0.2) is 47.9 Å². The molecule has 3 unspecified atom stereocenters. The van der Waals surface area contributed by atoms with Gasteiger partial charge in [-0.25, -0.2) is 10.3 Å². The number of phenolic OH excluding ortho intramolecular Hbond substituents is 1. The third-order valence-electron chi connectivity index (χ3n) is 13.2. The Labute approximate surface area is 272 Å². The number of nitrogens with zero attached hydrogens (tertiary/aromatic N) is 2. The Hall–Kier alpha value is -3.93. The summed E-state index contributed by atoms with van der Waals surface area (Å²) in [6.07, 6.45) is 6.04. The van der Waals surface area contributed by atoms with Crippen molar-refractivity contribution in [1.82, 2.24) is 15.3 Å². The molecule has 0 radical (unpaired) electrons. The number of allylic oxidation sites excluding steroid dienone is 1. The highest BCUT2D eigenvalue weighted by Gasteiger charge is 2.70. The second-order valence-electron chi connectivity index (χ2n) is 14.8. The topological polar surface area (TPSA) is 122 Å². The molecular formula is C36H39N3O8. The van der Waals surface area contributed by atoms with Crippen molar-refractivity contribution in [3.63, 3.8) is 0 Å². The average Bonchev–Trinajstić information content (AvgIpc) is 3.60. The maximum Gasteiger partial charge on any atom is 0.533 e. The molecule has 2 fully saturated rings. The molecular weight excluding hydrogens is 602 g/mol. The molecule has 11 nitrogen and oxygen atoms in total. The van der Waals surface area contributed by atoms with E-state index in [9.17, 15) is 15.0 Å². The Morgan fingerprint density at radius 2 is 1.81 bits per heavy atom. The number of likely N-dealkylation sites (N-methyl/N-ethyl adjacent to an activating group) is 2. The van der Waals surface area contributed by atoms with Gasteiger partial charge in [-0.1, -0.05) is 18.2 Å². The van der Waals surface area contributed by atoms with Crippen LogP contribution in [0.25, 0.3) is 0 Å². The molecule has 4 aliphatic heterocycles. The molecule has 8 atom stereocenters. The van der Waals surface area contributed by atoms with Gasteiger partial charge in [-0.05, 0) is 95.0 Å². The van der Waals surface area contributed by atoms with Crippen molar-refractivity contribution in [3.05, 3.63) is 70.1 Å². The van der Waals surface area contributed by atoms with Crippen LogP contribution >= 0.6 is 0 Å². The van der Waals surface area contributed by atoms with Gasteiger partial charge in [0.2, 0.25) is 0 Å². The smallest absolute Gasteiger partial charge is 0.504 e. The SMILES string of the molecule is COc1ccc2c3c1OC1=C(NOC(=O)O[C@H]4C=CC5C6Cc7ccc(O)c8c7[C@@]5(CCN6C)[C@H]4O8)CC[C@@]4(O)C(C2)N(C)CC[C@@]134. The Morgan fingerprint density at radius 1 is 1.00 bits per heavy atom. The van der Waals surface area contributed by atoms with Crippen molar-refractivity contribution < 1.29 is 38.8 Å². The van der Waals surface area contributed by atoms with Crippen LogP contribution in [0, 0.1) is 5.92 Å². The van der Waals surface area contributed by atoms with Crippen LogP contribution in [0.5, 0.6) is 23.0 Å². The lowest BCUT2D eigenvalue weighted by Crippen LogP contribution is -2.72. The molecule has 2 aromatic rings. The normalized spacial score (nSPS) is 38.2. The molecule has 0 saturated carbocycles. The number of piperidine rings is 2. The third-order valence-corrected chi connectivity index (χ3v) is 13.2. The second kappa shape index (κ2) is 9.15. The zero-order valence-electron chi connectivity index (χ0n) is 26.7. The predicted molar refractivity (Wildman–Crippen MR) is 167 cm³/mol. The van der Waals surface area contributed by atoms with Gasteiger partial charge >= 0.3 is 6.16 Å². The van der Waals surface area contributed by atoms with Gasteiger partial charge in [-0.15, -0.1) is 0 Å². The summed E-state index contributed by atoms with van der Waals surface area (Å²) in [5.74, 6) is 2.66. The Bertz CT molecular complexity index is 1830. The lowest BCUT2D eigenvalue weighted by molar-refractivity contribution is -0.142. The van der Waals surface area contributed by atoms with Gasteiger partial charge in [0.05, 0.1) is 23.8 Å². The highest BCUT2D eigenvalue weighted by atomic mass is 16.8. The minimum absolute atomic E-state index is 0.0649. The van der Waals surface area contributed by atoms with Crippen molar-refractivity contribution in [1.29, 1.82) is 0 Å². The van der Waals surface area contributed by atoms with Gasteiger partial charge < -0.3 is 43.8 Å². The first kappa shape index (κ1) is 28.1. The Morgan fingerprint density at radius 3 is 2.66 bits per heavy atom. The second-order valence-corrected chi connectivity index (χ2v) is 14.8. The van der Waals surface area contributed by atoms with Crippen LogP contribution in [-0.4, -0.2) is 90.4 Å². The van der Waals surface area contributed by atoms with E-state index in [2.05, 4.69) is 41.5 Å². The number of hydroxylamine groups is 1. The highest BCUT2D eigenvalue weighted by Crippen LogP contribution is 2.67. The first-order chi connectivity index (χ1) is 22.7. The molecule has 2 aromatic carbocycles. The van der Waals surface area contributed by atoms with Crippen molar-refractivity contribution in [2.24, 2.45) is 5.92 Å². The summed E-state index contributed by atoms with van der Waals surface area (Å²) in [5, 5.41) is 23.3. The molecule has 11 heteroatoms. The van der Waals surface area contributed by atoms with Crippen molar-refractivity contribution in [3.8, 4) is 23.0 Å². The Balaban J connectivity index is 0.954. The van der Waals surface area contributed by atoms with E-state index in [1.54, 1.807) is 13.2 Å². The van der Waals surface area contributed by atoms with E-state index in [0.29, 0.717) is 54.0 Å². The average molecular weight is 642 g/mol. The summed E-state index contributed by atoms with van der Waals surface area (Å²) in [5.41, 5.74) is 5.71. The predicted octanol–water partition coefficient (Wildman–Crippen LogP) is 3.20. The maximum atomic E-state index is 13.4. The van der Waals surface area contributed by atoms with Gasteiger partial charge in [0, 0.05) is 34.5 Å². The summed E-state index contributed by atoms with van der Waals surface area (Å²) < 4.78 is 24.8. The fraction of sp³-hybridized carbons (Fsp3) is 0.528. The zero-order valence-corrected chi connectivity index (χ0v) is 26.7. The van der Waals surface area contributed by atoms with E-state index >= 15 is 0 Å². The molecule has 2 spiro atoms. The number of hydrogen-bond acceptors (Lipinski definition) is 11. The van der Waals surface area contributed by atoms with E-state index in [4.69, 9.17) is 23.8 Å². The van der Waals surface area contributed by atoms with Crippen LogP contribution in [0.3, 0.4) is 0 Å². The van der Waals surface area contributed by atoms with Gasteiger partial charge in [0.25, 0.3) is 0 Å². The lowest BCUT2D eigenvalue weighted by atomic mass is 9.51. The van der Waals surface area contributed by atoms with Crippen LogP contribution in [-0.2, 0) is 33.2 Å². The molecule has 47 heavy (non-hydrogen) atoms. The van der Waals surface area contributed by atoms with Crippen LogP contribution in [0.1, 0.15) is 47.9 Å². The summed E-state index contributed by atoms with van der Waals surface area (Å²) in [6, 6.07) is 7.97. The zero-order chi connectivity index (χ0) is 32.0. The lowest BCUT2D eigenvalue weighted by Gasteiger charge is -2.60. The number of likely N-dealkylation sites (tertiary alicyclic amines) is 2. The summed E-state index contributed by atoms with van der Waals surface area (Å²) in [4.78, 5) is 23.7. The fourth-order valence-electron chi connectivity index (χ4n) is 11.1.